The number of hydrogen-bond donors (Lipinski definition) is 1. The van der Waals surface area contributed by atoms with Crippen molar-refractivity contribution in [2.24, 2.45) is 0 Å². The third-order valence-corrected chi connectivity index (χ3v) is 4.21. The fourth-order valence-electron chi connectivity index (χ4n) is 3.17. The predicted molar refractivity (Wildman–Crippen MR) is 97.3 cm³/mol. The fourth-order valence-corrected chi connectivity index (χ4v) is 3.17. The van der Waals surface area contributed by atoms with Crippen LogP contribution in [-0.4, -0.2) is 23.5 Å². The highest BCUT2D eigenvalue weighted by molar-refractivity contribution is 6.03. The molecule has 0 heterocycles. The summed E-state index contributed by atoms with van der Waals surface area (Å²) in [6.07, 6.45) is -1.40. The molecule has 0 spiro atoms. The van der Waals surface area contributed by atoms with Crippen LogP contribution < -0.4 is 0 Å². The quantitative estimate of drug-likeness (QED) is 0.421. The molecule has 3 aromatic rings. The predicted octanol–water partition coefficient (Wildman–Crippen LogP) is 3.94. The molecule has 0 amide bonds. The molecule has 1 N–H and O–H groups in total. The first-order valence-electron chi connectivity index (χ1n) is 8.36. The Kier molecular flexibility index (Phi) is 5.10. The van der Waals surface area contributed by atoms with Crippen molar-refractivity contribution in [3.63, 3.8) is 0 Å². The summed E-state index contributed by atoms with van der Waals surface area (Å²) in [5, 5.41) is 14.6. The first-order valence-corrected chi connectivity index (χ1v) is 8.36. The third kappa shape index (κ3) is 3.69. The smallest absolute Gasteiger partial charge is 0.313 e. The molecule has 1 unspecified atom stereocenters. The number of ketones is 1. The van der Waals surface area contributed by atoms with E-state index in [1.807, 2.05) is 48.5 Å². The summed E-state index contributed by atoms with van der Waals surface area (Å²) in [6, 6.07) is 17.6. The van der Waals surface area contributed by atoms with Crippen molar-refractivity contribution < 1.29 is 19.4 Å². The number of aliphatic hydroxyl groups excluding tert-OH is 1. The van der Waals surface area contributed by atoms with Crippen LogP contribution in [0.4, 0.5) is 0 Å². The van der Waals surface area contributed by atoms with Gasteiger partial charge in [-0.15, -0.1) is 0 Å². The van der Waals surface area contributed by atoms with Crippen molar-refractivity contribution in [2.45, 2.75) is 25.9 Å². The molecule has 3 aromatic carbocycles. The van der Waals surface area contributed by atoms with Crippen LogP contribution in [0, 0.1) is 0 Å². The van der Waals surface area contributed by atoms with Gasteiger partial charge in [-0.2, -0.15) is 0 Å². The number of carbonyl (C=O) groups excluding carboxylic acids is 2. The van der Waals surface area contributed by atoms with Crippen LogP contribution in [0.15, 0.2) is 54.6 Å². The Hall–Kier alpha value is -2.72. The Balaban J connectivity index is 1.98. The maximum Gasteiger partial charge on any atom is 0.313 e. The highest BCUT2D eigenvalue weighted by Crippen LogP contribution is 2.34. The maximum absolute atomic E-state index is 12.1. The molecule has 25 heavy (non-hydrogen) atoms. The van der Waals surface area contributed by atoms with Gasteiger partial charge >= 0.3 is 5.97 Å². The molecular weight excluding hydrogens is 316 g/mol. The lowest BCUT2D eigenvalue weighted by molar-refractivity contribution is -0.145. The highest BCUT2D eigenvalue weighted by Gasteiger charge is 2.20. The van der Waals surface area contributed by atoms with Crippen molar-refractivity contribution in [1.29, 1.82) is 0 Å². The summed E-state index contributed by atoms with van der Waals surface area (Å²) in [5.41, 5.74) is 0.728. The van der Waals surface area contributed by atoms with Gasteiger partial charge in [0.25, 0.3) is 0 Å². The molecule has 4 heteroatoms. The van der Waals surface area contributed by atoms with Gasteiger partial charge in [-0.25, -0.2) is 0 Å². The monoisotopic (exact) mass is 336 g/mol. The van der Waals surface area contributed by atoms with Crippen LogP contribution in [-0.2, 0) is 14.3 Å². The van der Waals surface area contributed by atoms with E-state index < -0.39 is 12.1 Å². The summed E-state index contributed by atoms with van der Waals surface area (Å²) in [6.45, 7) is 1.93. The normalized spacial score (nSPS) is 12.2. The lowest BCUT2D eigenvalue weighted by atomic mass is 9.91. The summed E-state index contributed by atoms with van der Waals surface area (Å²) in [5.74, 6) is -0.884. The number of aliphatic hydroxyl groups is 1. The molecule has 0 aliphatic carbocycles. The zero-order valence-corrected chi connectivity index (χ0v) is 14.1. The number of esters is 1. The maximum atomic E-state index is 12.1. The summed E-state index contributed by atoms with van der Waals surface area (Å²) < 4.78 is 4.80. The van der Waals surface area contributed by atoms with Gasteiger partial charge in [0.05, 0.1) is 12.7 Å². The second-order valence-corrected chi connectivity index (χ2v) is 5.97. The largest absolute Gasteiger partial charge is 0.466 e. The number of fused-ring (bicyclic) bond motifs is 2. The minimum Gasteiger partial charge on any atom is -0.466 e. The van der Waals surface area contributed by atoms with Crippen molar-refractivity contribution in [3.8, 4) is 0 Å². The minimum atomic E-state index is -0.974. The summed E-state index contributed by atoms with van der Waals surface area (Å²) in [4.78, 5) is 23.6. The van der Waals surface area contributed by atoms with Crippen molar-refractivity contribution in [3.05, 3.63) is 60.2 Å². The Labute approximate surface area is 146 Å². The SMILES string of the molecule is CCOC(=O)CC(=O)CC(O)c1c2ccccc2cc2ccccc12. The van der Waals surface area contributed by atoms with E-state index in [2.05, 4.69) is 6.07 Å². The van der Waals surface area contributed by atoms with Gasteiger partial charge in [-0.1, -0.05) is 48.5 Å². The van der Waals surface area contributed by atoms with Crippen LogP contribution >= 0.6 is 0 Å². The van der Waals surface area contributed by atoms with Gasteiger partial charge < -0.3 is 9.84 Å². The van der Waals surface area contributed by atoms with E-state index in [-0.39, 0.29) is 25.2 Å². The lowest BCUT2D eigenvalue weighted by Crippen LogP contribution is -2.14. The second-order valence-electron chi connectivity index (χ2n) is 5.97. The van der Waals surface area contributed by atoms with E-state index in [0.29, 0.717) is 0 Å². The number of hydrogen-bond acceptors (Lipinski definition) is 4. The minimum absolute atomic E-state index is 0.114. The highest BCUT2D eigenvalue weighted by atomic mass is 16.5. The number of carbonyl (C=O) groups is 2. The molecule has 128 valence electrons. The number of rotatable bonds is 6. The first kappa shape index (κ1) is 17.1. The van der Waals surface area contributed by atoms with E-state index in [1.165, 1.54) is 0 Å². The van der Waals surface area contributed by atoms with Gasteiger partial charge in [-0.05, 0) is 40.1 Å². The molecule has 0 saturated heterocycles. The van der Waals surface area contributed by atoms with Crippen LogP contribution in [0.1, 0.15) is 31.4 Å². The molecule has 0 bridgehead atoms. The lowest BCUT2D eigenvalue weighted by Gasteiger charge is -2.16. The van der Waals surface area contributed by atoms with Gasteiger partial charge in [0, 0.05) is 6.42 Å². The van der Waals surface area contributed by atoms with Gasteiger partial charge in [0.2, 0.25) is 0 Å². The summed E-state index contributed by atoms with van der Waals surface area (Å²) in [7, 11) is 0. The van der Waals surface area contributed by atoms with E-state index in [0.717, 1.165) is 27.1 Å². The Morgan fingerprint density at radius 1 is 1.00 bits per heavy atom. The van der Waals surface area contributed by atoms with Crippen molar-refractivity contribution in [2.75, 3.05) is 6.61 Å². The third-order valence-electron chi connectivity index (χ3n) is 4.21. The second kappa shape index (κ2) is 7.45. The molecule has 0 aliphatic heterocycles. The van der Waals surface area contributed by atoms with Gasteiger partial charge in [0.15, 0.2) is 0 Å². The number of Topliss-reactive ketones (excluding diaryl/α,β-unsaturated/α-hetero) is 1. The number of benzene rings is 3. The fraction of sp³-hybridized carbons (Fsp3) is 0.238. The molecule has 1 atom stereocenters. The van der Waals surface area contributed by atoms with E-state index in [9.17, 15) is 14.7 Å². The van der Waals surface area contributed by atoms with Crippen LogP contribution in [0.5, 0.6) is 0 Å². The molecular formula is C21H20O4. The molecule has 4 nitrogen and oxygen atoms in total. The molecule has 0 aliphatic rings. The standard InChI is InChI=1S/C21H20O4/c1-2-25-20(24)13-16(22)12-19(23)21-17-9-5-3-7-14(17)11-15-8-4-6-10-18(15)21/h3-11,19,23H,2,12-13H2,1H3. The Morgan fingerprint density at radius 2 is 1.56 bits per heavy atom. The molecule has 0 radical (unpaired) electrons. The molecule has 0 aromatic heterocycles. The van der Waals surface area contributed by atoms with Crippen LogP contribution in [0.3, 0.4) is 0 Å². The van der Waals surface area contributed by atoms with E-state index >= 15 is 0 Å². The average Bonchev–Trinajstić information content (AvgIpc) is 2.59. The molecule has 3 rings (SSSR count). The Bertz CT molecular complexity index is 875. The molecule has 0 fully saturated rings. The van der Waals surface area contributed by atoms with Gasteiger partial charge in [0.1, 0.15) is 12.2 Å². The Morgan fingerprint density at radius 3 is 2.12 bits per heavy atom. The van der Waals surface area contributed by atoms with Crippen LogP contribution in [0.2, 0.25) is 0 Å². The van der Waals surface area contributed by atoms with Crippen molar-refractivity contribution >= 4 is 33.3 Å². The number of ether oxygens (including phenoxy) is 1. The van der Waals surface area contributed by atoms with E-state index in [1.54, 1.807) is 6.92 Å². The zero-order valence-electron chi connectivity index (χ0n) is 14.1. The van der Waals surface area contributed by atoms with Crippen LogP contribution in [0.25, 0.3) is 21.5 Å². The summed E-state index contributed by atoms with van der Waals surface area (Å²) >= 11 is 0. The van der Waals surface area contributed by atoms with Gasteiger partial charge in [-0.3, -0.25) is 9.59 Å². The molecule has 0 saturated carbocycles. The topological polar surface area (TPSA) is 63.6 Å². The zero-order chi connectivity index (χ0) is 17.8. The first-order chi connectivity index (χ1) is 12.1. The van der Waals surface area contributed by atoms with Crippen molar-refractivity contribution in [1.82, 2.24) is 0 Å². The average molecular weight is 336 g/mol. The van der Waals surface area contributed by atoms with E-state index in [4.69, 9.17) is 4.74 Å².